The summed E-state index contributed by atoms with van der Waals surface area (Å²) in [5.74, 6) is 2.20. The quantitative estimate of drug-likeness (QED) is 0.414. The topological polar surface area (TPSA) is 85.8 Å². The normalized spacial score (nSPS) is 11.0. The lowest BCUT2D eigenvalue weighted by atomic mass is 10.1. The lowest BCUT2D eigenvalue weighted by molar-refractivity contribution is 0.0526. The van der Waals surface area contributed by atoms with E-state index in [1.165, 1.54) is 19.2 Å². The number of hydrogen-bond donors (Lipinski definition) is 0. The fraction of sp³-hybridized carbons (Fsp3) is 0.217. The van der Waals surface area contributed by atoms with Gasteiger partial charge in [-0.25, -0.2) is 18.2 Å². The molecule has 0 radical (unpaired) electrons. The summed E-state index contributed by atoms with van der Waals surface area (Å²) in [7, 11) is -2.54. The van der Waals surface area contributed by atoms with Crippen molar-refractivity contribution in [1.29, 1.82) is 0 Å². The van der Waals surface area contributed by atoms with Crippen LogP contribution in [0.5, 0.6) is 5.75 Å². The lowest BCUT2D eigenvalue weighted by Gasteiger charge is -2.26. The molecular weight excluding hydrogens is 416 g/mol. The smallest absolute Gasteiger partial charge is 0.343 e. The number of aromatic nitrogens is 1. The molecule has 2 aromatic carbocycles. The Hall–Kier alpha value is -3.57. The van der Waals surface area contributed by atoms with E-state index in [4.69, 9.17) is 15.9 Å². The average molecular weight is 439 g/mol. The zero-order chi connectivity index (χ0) is 22.6. The van der Waals surface area contributed by atoms with Gasteiger partial charge in [-0.2, -0.15) is 0 Å². The number of anilines is 1. The standard InChI is InChI=1S/C23H22N2O5S/c1-5-19-21(23(26)30-7-3)22(18-10-8-9-11-20(18)24-19)25(6-2)31(27,28)17-14-12-16(29-4)13-15-17/h1,8-15H,6-7H2,2-4H3. The highest BCUT2D eigenvalue weighted by atomic mass is 32.2. The van der Waals surface area contributed by atoms with Crippen LogP contribution in [0.3, 0.4) is 0 Å². The van der Waals surface area contributed by atoms with E-state index in [2.05, 4.69) is 10.9 Å². The third kappa shape index (κ3) is 4.05. The van der Waals surface area contributed by atoms with Gasteiger partial charge < -0.3 is 9.47 Å². The van der Waals surface area contributed by atoms with Crippen LogP contribution in [0, 0.1) is 12.3 Å². The molecule has 0 saturated carbocycles. The van der Waals surface area contributed by atoms with Gasteiger partial charge in [0, 0.05) is 11.9 Å². The fourth-order valence-corrected chi connectivity index (χ4v) is 4.78. The van der Waals surface area contributed by atoms with E-state index in [1.807, 2.05) is 0 Å². The van der Waals surface area contributed by atoms with Crippen molar-refractivity contribution in [3.8, 4) is 18.1 Å². The molecule has 3 rings (SSSR count). The molecule has 0 atom stereocenters. The van der Waals surface area contributed by atoms with Crippen LogP contribution in [0.4, 0.5) is 5.69 Å². The summed E-state index contributed by atoms with van der Waals surface area (Å²) in [5, 5.41) is 0.475. The molecule has 1 heterocycles. The van der Waals surface area contributed by atoms with Gasteiger partial charge in [-0.05, 0) is 50.1 Å². The minimum Gasteiger partial charge on any atom is -0.497 e. The number of pyridine rings is 1. The molecule has 0 N–H and O–H groups in total. The number of nitrogens with zero attached hydrogens (tertiary/aromatic N) is 2. The Kier molecular flexibility index (Phi) is 6.47. The van der Waals surface area contributed by atoms with Crippen LogP contribution in [0.15, 0.2) is 53.4 Å². The highest BCUT2D eigenvalue weighted by Crippen LogP contribution is 2.36. The van der Waals surface area contributed by atoms with Crippen LogP contribution in [0.1, 0.15) is 29.9 Å². The van der Waals surface area contributed by atoms with Crippen LogP contribution < -0.4 is 9.04 Å². The van der Waals surface area contributed by atoms with Crippen molar-refractivity contribution in [2.75, 3.05) is 24.6 Å². The van der Waals surface area contributed by atoms with Gasteiger partial charge in [0.25, 0.3) is 10.0 Å². The Labute approximate surface area is 181 Å². The maximum atomic E-state index is 13.6. The minimum absolute atomic E-state index is 0.0236. The molecule has 8 heteroatoms. The van der Waals surface area contributed by atoms with Gasteiger partial charge in [0.1, 0.15) is 17.0 Å². The number of para-hydroxylation sites is 1. The van der Waals surface area contributed by atoms with Gasteiger partial charge in [0.2, 0.25) is 0 Å². The number of rotatable bonds is 7. The van der Waals surface area contributed by atoms with Gasteiger partial charge in [-0.15, -0.1) is 6.42 Å². The fourth-order valence-electron chi connectivity index (χ4n) is 3.28. The van der Waals surface area contributed by atoms with Crippen molar-refractivity contribution in [2.45, 2.75) is 18.7 Å². The molecule has 0 unspecified atom stereocenters. The first-order chi connectivity index (χ1) is 14.9. The molecule has 0 fully saturated rings. The molecule has 160 valence electrons. The number of methoxy groups -OCH3 is 1. The second-order valence-corrected chi connectivity index (χ2v) is 8.27. The van der Waals surface area contributed by atoms with Crippen molar-refractivity contribution < 1.29 is 22.7 Å². The number of carbonyl (C=O) groups is 1. The van der Waals surface area contributed by atoms with E-state index in [-0.39, 0.29) is 35.0 Å². The Morgan fingerprint density at radius 1 is 1.13 bits per heavy atom. The van der Waals surface area contributed by atoms with E-state index in [9.17, 15) is 13.2 Å². The zero-order valence-electron chi connectivity index (χ0n) is 17.5. The monoisotopic (exact) mass is 438 g/mol. The average Bonchev–Trinajstić information content (AvgIpc) is 2.79. The SMILES string of the molecule is C#Cc1nc2ccccc2c(N(CC)S(=O)(=O)c2ccc(OC)cc2)c1C(=O)OCC. The van der Waals surface area contributed by atoms with E-state index in [1.54, 1.807) is 50.2 Å². The summed E-state index contributed by atoms with van der Waals surface area (Å²) in [5.41, 5.74) is 0.592. The second kappa shape index (κ2) is 9.06. The number of fused-ring (bicyclic) bond motifs is 1. The maximum absolute atomic E-state index is 13.6. The number of carbonyl (C=O) groups excluding carboxylic acids is 1. The van der Waals surface area contributed by atoms with Crippen molar-refractivity contribution in [1.82, 2.24) is 4.98 Å². The third-order valence-corrected chi connectivity index (χ3v) is 6.55. The first-order valence-corrected chi connectivity index (χ1v) is 11.1. The second-order valence-electron chi connectivity index (χ2n) is 6.41. The summed E-state index contributed by atoms with van der Waals surface area (Å²) in [6.07, 6.45) is 5.64. The van der Waals surface area contributed by atoms with Gasteiger partial charge in [0.15, 0.2) is 0 Å². The van der Waals surface area contributed by atoms with Crippen LogP contribution in [0.25, 0.3) is 10.9 Å². The van der Waals surface area contributed by atoms with E-state index < -0.39 is 16.0 Å². The lowest BCUT2D eigenvalue weighted by Crippen LogP contribution is -2.33. The van der Waals surface area contributed by atoms with Crippen LogP contribution in [0.2, 0.25) is 0 Å². The Bertz CT molecular complexity index is 1260. The number of benzene rings is 2. The molecule has 31 heavy (non-hydrogen) atoms. The number of ether oxygens (including phenoxy) is 2. The number of terminal acetylenes is 1. The van der Waals surface area contributed by atoms with E-state index in [0.717, 1.165) is 4.31 Å². The van der Waals surface area contributed by atoms with Gasteiger partial charge in [-0.3, -0.25) is 4.31 Å². The van der Waals surface area contributed by atoms with Crippen molar-refractivity contribution in [2.24, 2.45) is 0 Å². The van der Waals surface area contributed by atoms with Gasteiger partial charge in [0.05, 0.1) is 29.8 Å². The molecule has 0 aliphatic heterocycles. The summed E-state index contributed by atoms with van der Waals surface area (Å²) in [6.45, 7) is 3.50. The summed E-state index contributed by atoms with van der Waals surface area (Å²) < 4.78 is 38.7. The third-order valence-electron chi connectivity index (χ3n) is 4.67. The van der Waals surface area contributed by atoms with E-state index in [0.29, 0.717) is 16.7 Å². The summed E-state index contributed by atoms with van der Waals surface area (Å²) in [6, 6.07) is 12.9. The molecule has 0 spiro atoms. The van der Waals surface area contributed by atoms with Gasteiger partial charge >= 0.3 is 5.97 Å². The predicted molar refractivity (Wildman–Crippen MR) is 119 cm³/mol. The van der Waals surface area contributed by atoms with Crippen LogP contribution in [-0.2, 0) is 14.8 Å². The molecule has 7 nitrogen and oxygen atoms in total. The molecule has 0 aliphatic rings. The van der Waals surface area contributed by atoms with Gasteiger partial charge in [-0.1, -0.05) is 18.2 Å². The minimum atomic E-state index is -4.04. The highest BCUT2D eigenvalue weighted by molar-refractivity contribution is 7.92. The Morgan fingerprint density at radius 2 is 1.81 bits per heavy atom. The van der Waals surface area contributed by atoms with Crippen molar-refractivity contribution in [3.05, 3.63) is 59.8 Å². The molecule has 0 amide bonds. The highest BCUT2D eigenvalue weighted by Gasteiger charge is 2.32. The van der Waals surface area contributed by atoms with Crippen molar-refractivity contribution >= 4 is 32.6 Å². The molecule has 0 aliphatic carbocycles. The zero-order valence-corrected chi connectivity index (χ0v) is 18.3. The number of hydrogen-bond acceptors (Lipinski definition) is 6. The Balaban J connectivity index is 2.35. The predicted octanol–water partition coefficient (Wildman–Crippen LogP) is 3.62. The Morgan fingerprint density at radius 3 is 2.39 bits per heavy atom. The van der Waals surface area contributed by atoms with Crippen molar-refractivity contribution in [3.63, 3.8) is 0 Å². The summed E-state index contributed by atoms with van der Waals surface area (Å²) >= 11 is 0. The van der Waals surface area contributed by atoms with Crippen LogP contribution in [-0.4, -0.2) is 39.6 Å². The number of esters is 1. The first-order valence-electron chi connectivity index (χ1n) is 9.62. The molecule has 3 aromatic rings. The molecule has 0 saturated heterocycles. The van der Waals surface area contributed by atoms with Crippen LogP contribution >= 0.6 is 0 Å². The first kappa shape index (κ1) is 22.1. The molecular formula is C23H22N2O5S. The largest absolute Gasteiger partial charge is 0.497 e. The van der Waals surface area contributed by atoms with E-state index >= 15 is 0 Å². The summed E-state index contributed by atoms with van der Waals surface area (Å²) in [4.78, 5) is 17.3. The molecule has 1 aromatic heterocycles. The number of sulfonamides is 1. The maximum Gasteiger partial charge on any atom is 0.343 e. The molecule has 0 bridgehead atoms.